The van der Waals surface area contributed by atoms with Crippen LogP contribution in [0.3, 0.4) is 0 Å². The van der Waals surface area contributed by atoms with E-state index >= 15 is 0 Å². The molecular formula is C25H37O7P. The lowest BCUT2D eigenvalue weighted by Gasteiger charge is -2.22. The predicted octanol–water partition coefficient (Wildman–Crippen LogP) is 5.46. The van der Waals surface area contributed by atoms with Gasteiger partial charge in [-0.05, 0) is 57.1 Å². The molecule has 0 saturated carbocycles. The second kappa shape index (κ2) is 14.8. The molecule has 0 unspecified atom stereocenters. The van der Waals surface area contributed by atoms with Crippen molar-refractivity contribution in [3.05, 3.63) is 54.1 Å². The van der Waals surface area contributed by atoms with Gasteiger partial charge in [0, 0.05) is 11.1 Å². The Kier molecular flexibility index (Phi) is 13.0. The Morgan fingerprint density at radius 1 is 0.818 bits per heavy atom. The van der Waals surface area contributed by atoms with Crippen molar-refractivity contribution in [2.45, 2.75) is 59.3 Å². The lowest BCUT2D eigenvalue weighted by Crippen LogP contribution is -2.17. The molecule has 0 amide bonds. The van der Waals surface area contributed by atoms with Gasteiger partial charge in [-0.25, -0.2) is 9.59 Å². The SMILES string of the molecule is C=C(C)C(=O)OCCCCOP(=O)(OCCCCOC(=O)C(=C)C)c1ccccc1C(C)C. The summed E-state index contributed by atoms with van der Waals surface area (Å²) in [4.78, 5) is 22.9. The first-order chi connectivity index (χ1) is 15.6. The molecular weight excluding hydrogens is 443 g/mol. The van der Waals surface area contributed by atoms with E-state index < -0.39 is 19.5 Å². The average molecular weight is 481 g/mol. The van der Waals surface area contributed by atoms with Crippen LogP contribution in [0.25, 0.3) is 0 Å². The summed E-state index contributed by atoms with van der Waals surface area (Å²) in [6.45, 7) is 15.2. The van der Waals surface area contributed by atoms with Crippen LogP contribution in [0.1, 0.15) is 64.9 Å². The number of benzene rings is 1. The standard InChI is InChI=1S/C25H37O7P/c1-19(2)22-13-7-8-14-23(22)33(28,31-17-11-9-15-29-24(26)20(3)4)32-18-12-10-16-30-25(27)21(5)6/h7-8,13-14,19H,3,5,9-12,15-18H2,1-2,4,6H3. The molecule has 184 valence electrons. The van der Waals surface area contributed by atoms with Crippen molar-refractivity contribution in [2.75, 3.05) is 26.4 Å². The zero-order valence-corrected chi connectivity index (χ0v) is 21.2. The number of hydrogen-bond donors (Lipinski definition) is 0. The summed E-state index contributed by atoms with van der Waals surface area (Å²) < 4.78 is 35.5. The van der Waals surface area contributed by atoms with Gasteiger partial charge in [0.25, 0.3) is 0 Å². The predicted molar refractivity (Wildman–Crippen MR) is 130 cm³/mol. The van der Waals surface area contributed by atoms with Gasteiger partial charge in [0.05, 0.1) is 31.7 Å². The van der Waals surface area contributed by atoms with Crippen molar-refractivity contribution in [1.29, 1.82) is 0 Å². The van der Waals surface area contributed by atoms with Crippen LogP contribution in [0.15, 0.2) is 48.6 Å². The second-order valence-electron chi connectivity index (χ2n) is 8.12. The molecule has 8 heteroatoms. The first kappa shape index (κ1) is 28.8. The van der Waals surface area contributed by atoms with E-state index in [0.717, 1.165) is 5.56 Å². The van der Waals surface area contributed by atoms with E-state index in [4.69, 9.17) is 18.5 Å². The summed E-state index contributed by atoms with van der Waals surface area (Å²) in [5.41, 5.74) is 1.61. The smallest absolute Gasteiger partial charge is 0.361 e. The lowest BCUT2D eigenvalue weighted by molar-refractivity contribution is -0.139. The van der Waals surface area contributed by atoms with Gasteiger partial charge >= 0.3 is 19.5 Å². The van der Waals surface area contributed by atoms with Crippen molar-refractivity contribution in [1.82, 2.24) is 0 Å². The summed E-state index contributed by atoms with van der Waals surface area (Å²) in [7, 11) is -3.57. The van der Waals surface area contributed by atoms with Crippen LogP contribution in [0.4, 0.5) is 0 Å². The number of ether oxygens (including phenoxy) is 2. The lowest BCUT2D eigenvalue weighted by atomic mass is 10.0. The van der Waals surface area contributed by atoms with E-state index in [1.807, 2.05) is 32.0 Å². The number of esters is 2. The van der Waals surface area contributed by atoms with Crippen molar-refractivity contribution >= 4 is 24.8 Å². The summed E-state index contributed by atoms with van der Waals surface area (Å²) >= 11 is 0. The molecule has 0 aliphatic heterocycles. The van der Waals surface area contributed by atoms with Crippen molar-refractivity contribution in [3.63, 3.8) is 0 Å². The van der Waals surface area contributed by atoms with E-state index in [9.17, 15) is 14.2 Å². The van der Waals surface area contributed by atoms with Crippen LogP contribution in [-0.4, -0.2) is 38.4 Å². The molecule has 0 spiro atoms. The van der Waals surface area contributed by atoms with Crippen LogP contribution >= 0.6 is 7.60 Å². The normalized spacial score (nSPS) is 11.3. The van der Waals surface area contributed by atoms with Crippen LogP contribution in [0.2, 0.25) is 0 Å². The molecule has 1 rings (SSSR count). The highest BCUT2D eigenvalue weighted by atomic mass is 31.2. The summed E-state index contributed by atoms with van der Waals surface area (Å²) in [5.74, 6) is -0.709. The van der Waals surface area contributed by atoms with Gasteiger partial charge in [-0.3, -0.25) is 4.57 Å². The van der Waals surface area contributed by atoms with Crippen LogP contribution in [-0.2, 0) is 32.7 Å². The van der Waals surface area contributed by atoms with E-state index in [1.54, 1.807) is 19.9 Å². The third-order valence-corrected chi connectivity index (χ3v) is 6.66. The summed E-state index contributed by atoms with van der Waals surface area (Å²) in [5, 5.41) is 0.558. The second-order valence-corrected chi connectivity index (χ2v) is 10.1. The zero-order chi connectivity index (χ0) is 24.9. The minimum absolute atomic E-state index is 0.143. The monoisotopic (exact) mass is 480 g/mol. The van der Waals surface area contributed by atoms with Crippen molar-refractivity contribution in [3.8, 4) is 0 Å². The number of hydrogen-bond acceptors (Lipinski definition) is 7. The number of rotatable bonds is 16. The Balaban J connectivity index is 2.67. The maximum atomic E-state index is 13.8. The third kappa shape index (κ3) is 10.5. The molecule has 0 fully saturated rings. The van der Waals surface area contributed by atoms with E-state index in [1.165, 1.54) is 0 Å². The molecule has 0 saturated heterocycles. The maximum absolute atomic E-state index is 13.8. The molecule has 0 N–H and O–H groups in total. The molecule has 1 aromatic rings. The van der Waals surface area contributed by atoms with Gasteiger partial charge in [-0.2, -0.15) is 0 Å². The highest BCUT2D eigenvalue weighted by molar-refractivity contribution is 7.62. The first-order valence-electron chi connectivity index (χ1n) is 11.2. The molecule has 7 nitrogen and oxygen atoms in total. The Labute approximate surface area is 197 Å². The fraction of sp³-hybridized carbons (Fsp3) is 0.520. The van der Waals surface area contributed by atoms with E-state index in [2.05, 4.69) is 13.2 Å². The van der Waals surface area contributed by atoms with E-state index in [0.29, 0.717) is 42.1 Å². The Bertz CT molecular complexity index is 818. The Hall–Kier alpha value is -2.21. The van der Waals surface area contributed by atoms with Crippen molar-refractivity contribution in [2.24, 2.45) is 0 Å². The van der Waals surface area contributed by atoms with E-state index in [-0.39, 0.29) is 32.3 Å². The third-order valence-electron chi connectivity index (χ3n) is 4.62. The first-order valence-corrected chi connectivity index (χ1v) is 12.8. The largest absolute Gasteiger partial charge is 0.462 e. The Morgan fingerprint density at radius 2 is 1.24 bits per heavy atom. The van der Waals surface area contributed by atoms with Gasteiger partial charge in [-0.15, -0.1) is 0 Å². The highest BCUT2D eigenvalue weighted by Gasteiger charge is 2.30. The minimum Gasteiger partial charge on any atom is -0.462 e. The van der Waals surface area contributed by atoms with Gasteiger partial charge in [0.15, 0.2) is 0 Å². The fourth-order valence-electron chi connectivity index (χ4n) is 2.76. The maximum Gasteiger partial charge on any atom is 0.361 e. The van der Waals surface area contributed by atoms with Crippen LogP contribution in [0.5, 0.6) is 0 Å². The minimum atomic E-state index is -3.57. The van der Waals surface area contributed by atoms with Gasteiger partial charge < -0.3 is 18.5 Å². The van der Waals surface area contributed by atoms with Gasteiger partial charge in [0.1, 0.15) is 0 Å². The highest BCUT2D eigenvalue weighted by Crippen LogP contribution is 2.49. The molecule has 0 aliphatic rings. The Morgan fingerprint density at radius 3 is 1.67 bits per heavy atom. The molecule has 0 aromatic heterocycles. The number of carbonyl (C=O) groups excluding carboxylic acids is 2. The molecule has 33 heavy (non-hydrogen) atoms. The molecule has 1 aromatic carbocycles. The molecule has 0 aliphatic carbocycles. The average Bonchev–Trinajstić information content (AvgIpc) is 2.77. The fourth-order valence-corrected chi connectivity index (χ4v) is 4.76. The van der Waals surface area contributed by atoms with Gasteiger partial charge in [0.2, 0.25) is 0 Å². The van der Waals surface area contributed by atoms with Crippen LogP contribution < -0.4 is 5.30 Å². The topological polar surface area (TPSA) is 88.1 Å². The number of carbonyl (C=O) groups is 2. The molecule has 0 radical (unpaired) electrons. The summed E-state index contributed by atoms with van der Waals surface area (Å²) in [6.07, 6.45) is 2.24. The van der Waals surface area contributed by atoms with Crippen molar-refractivity contribution < 1.29 is 32.7 Å². The molecule has 0 heterocycles. The summed E-state index contributed by atoms with van der Waals surface area (Å²) in [6, 6.07) is 7.41. The zero-order valence-electron chi connectivity index (χ0n) is 20.3. The van der Waals surface area contributed by atoms with Gasteiger partial charge in [-0.1, -0.05) is 45.2 Å². The molecule has 0 bridgehead atoms. The quantitative estimate of drug-likeness (QED) is 0.134. The number of unbranched alkanes of at least 4 members (excludes halogenated alkanes) is 2. The molecule has 0 atom stereocenters. The van der Waals surface area contributed by atoms with Crippen LogP contribution in [0, 0.1) is 0 Å².